The number of rotatable bonds is 4. The van der Waals surface area contributed by atoms with Crippen LogP contribution in [0.25, 0.3) is 0 Å². The van der Waals surface area contributed by atoms with Gasteiger partial charge in [-0.15, -0.1) is 0 Å². The summed E-state index contributed by atoms with van der Waals surface area (Å²) < 4.78 is 61.4. The van der Waals surface area contributed by atoms with Crippen LogP contribution in [0.1, 0.15) is 35.1 Å². The lowest BCUT2D eigenvalue weighted by Crippen LogP contribution is -2.51. The molecular formula is C18H27F3N4O2S. The van der Waals surface area contributed by atoms with Crippen molar-refractivity contribution >= 4 is 16.0 Å². The van der Waals surface area contributed by atoms with Crippen molar-refractivity contribution in [2.45, 2.75) is 51.7 Å². The van der Waals surface area contributed by atoms with Gasteiger partial charge in [-0.3, -0.25) is 4.99 Å². The van der Waals surface area contributed by atoms with E-state index in [1.807, 2.05) is 20.8 Å². The average Bonchev–Trinajstić information content (AvgIpc) is 2.59. The van der Waals surface area contributed by atoms with Gasteiger partial charge in [0, 0.05) is 32.7 Å². The van der Waals surface area contributed by atoms with Gasteiger partial charge in [-0.25, -0.2) is 8.42 Å². The summed E-state index contributed by atoms with van der Waals surface area (Å²) in [5.41, 5.74) is -0.548. The molecule has 28 heavy (non-hydrogen) atoms. The van der Waals surface area contributed by atoms with Crippen LogP contribution < -0.4 is 10.6 Å². The number of hydrogen-bond donors (Lipinski definition) is 2. The van der Waals surface area contributed by atoms with Crippen LogP contribution in [-0.2, 0) is 16.6 Å². The number of aryl methyl sites for hydroxylation is 3. The predicted octanol–water partition coefficient (Wildman–Crippen LogP) is 2.59. The predicted molar refractivity (Wildman–Crippen MR) is 104 cm³/mol. The van der Waals surface area contributed by atoms with E-state index in [9.17, 15) is 21.6 Å². The molecule has 1 aromatic rings. The lowest BCUT2D eigenvalue weighted by Gasteiger charge is -2.32. The summed E-state index contributed by atoms with van der Waals surface area (Å²) >= 11 is 0. The number of halogens is 3. The van der Waals surface area contributed by atoms with E-state index in [0.29, 0.717) is 16.8 Å². The van der Waals surface area contributed by atoms with Gasteiger partial charge >= 0.3 is 15.5 Å². The SMILES string of the molecule is CN=C(NCc1c(C)cc(C)cc1C)NC1CCN(S(=O)(=O)C(F)(F)F)CC1. The van der Waals surface area contributed by atoms with Gasteiger partial charge in [0.25, 0.3) is 0 Å². The Bertz CT molecular complexity index is 807. The van der Waals surface area contributed by atoms with Gasteiger partial charge in [-0.1, -0.05) is 17.7 Å². The molecule has 10 heteroatoms. The third-order valence-corrected chi connectivity index (χ3v) is 6.55. The number of piperidine rings is 1. The number of benzene rings is 1. The molecule has 1 aliphatic rings. The average molecular weight is 421 g/mol. The molecule has 0 aliphatic carbocycles. The van der Waals surface area contributed by atoms with E-state index in [4.69, 9.17) is 0 Å². The van der Waals surface area contributed by atoms with Crippen molar-refractivity contribution in [1.82, 2.24) is 14.9 Å². The second kappa shape index (κ2) is 8.69. The molecule has 0 saturated carbocycles. The first-order valence-corrected chi connectivity index (χ1v) is 10.5. The van der Waals surface area contributed by atoms with E-state index in [1.54, 1.807) is 7.05 Å². The van der Waals surface area contributed by atoms with Gasteiger partial charge in [0.1, 0.15) is 0 Å². The molecule has 2 N–H and O–H groups in total. The van der Waals surface area contributed by atoms with Gasteiger partial charge in [-0.2, -0.15) is 17.5 Å². The van der Waals surface area contributed by atoms with Crippen molar-refractivity contribution in [2.24, 2.45) is 4.99 Å². The fourth-order valence-corrected chi connectivity index (χ4v) is 4.42. The number of sulfonamides is 1. The molecule has 1 heterocycles. The highest BCUT2D eigenvalue weighted by Gasteiger charge is 2.50. The molecule has 1 saturated heterocycles. The standard InChI is InChI=1S/C18H27F3N4O2S/c1-12-9-13(2)16(14(3)10-12)11-23-17(22-4)24-15-5-7-25(8-6-15)28(26,27)18(19,20)21/h9-10,15H,5-8,11H2,1-4H3,(H2,22,23,24). The molecule has 158 valence electrons. The number of hydrogen-bond acceptors (Lipinski definition) is 3. The summed E-state index contributed by atoms with van der Waals surface area (Å²) in [6, 6.07) is 4.07. The highest BCUT2D eigenvalue weighted by Crippen LogP contribution is 2.29. The van der Waals surface area contributed by atoms with Crippen molar-refractivity contribution < 1.29 is 21.6 Å². The topological polar surface area (TPSA) is 73.8 Å². The zero-order valence-corrected chi connectivity index (χ0v) is 17.3. The van der Waals surface area contributed by atoms with Gasteiger partial charge < -0.3 is 10.6 Å². The minimum atomic E-state index is -5.26. The molecule has 2 rings (SSSR count). The molecule has 0 radical (unpaired) electrons. The zero-order valence-electron chi connectivity index (χ0n) is 16.5. The number of aliphatic imine (C=N–C) groups is 1. The van der Waals surface area contributed by atoms with Crippen LogP contribution in [0.5, 0.6) is 0 Å². The second-order valence-corrected chi connectivity index (χ2v) is 9.00. The fraction of sp³-hybridized carbons (Fsp3) is 0.611. The Morgan fingerprint density at radius 2 is 1.71 bits per heavy atom. The van der Waals surface area contributed by atoms with Crippen LogP contribution in [0, 0.1) is 20.8 Å². The van der Waals surface area contributed by atoms with E-state index in [1.165, 1.54) is 22.3 Å². The molecule has 0 amide bonds. The van der Waals surface area contributed by atoms with E-state index >= 15 is 0 Å². The minimum absolute atomic E-state index is 0.147. The monoisotopic (exact) mass is 420 g/mol. The highest BCUT2D eigenvalue weighted by atomic mass is 32.2. The third-order valence-electron chi connectivity index (χ3n) is 4.92. The van der Waals surface area contributed by atoms with Crippen molar-refractivity contribution in [3.8, 4) is 0 Å². The maximum absolute atomic E-state index is 12.7. The largest absolute Gasteiger partial charge is 0.511 e. The summed E-state index contributed by atoms with van der Waals surface area (Å²) in [5, 5.41) is 6.40. The number of nitrogens with zero attached hydrogens (tertiary/aromatic N) is 2. The second-order valence-electron chi connectivity index (χ2n) is 7.07. The van der Waals surface area contributed by atoms with Gasteiger partial charge in [-0.05, 0) is 50.3 Å². The molecule has 6 nitrogen and oxygen atoms in total. The van der Waals surface area contributed by atoms with Crippen LogP contribution in [0.2, 0.25) is 0 Å². The summed E-state index contributed by atoms with van der Waals surface area (Å²) in [7, 11) is -3.64. The highest BCUT2D eigenvalue weighted by molar-refractivity contribution is 7.90. The Kier molecular flexibility index (Phi) is 6.97. The Balaban J connectivity index is 1.92. The van der Waals surface area contributed by atoms with Crippen molar-refractivity contribution in [1.29, 1.82) is 0 Å². The molecule has 1 fully saturated rings. The van der Waals surface area contributed by atoms with Gasteiger partial charge in [0.05, 0.1) is 0 Å². The quantitative estimate of drug-likeness (QED) is 0.580. The van der Waals surface area contributed by atoms with Crippen molar-refractivity contribution in [3.63, 3.8) is 0 Å². The molecule has 0 spiro atoms. The number of alkyl halides is 3. The van der Waals surface area contributed by atoms with Gasteiger partial charge in [0.15, 0.2) is 5.96 Å². The van der Waals surface area contributed by atoms with E-state index in [0.717, 1.165) is 0 Å². The van der Waals surface area contributed by atoms with E-state index < -0.39 is 15.5 Å². The number of nitrogens with one attached hydrogen (secondary N) is 2. The van der Waals surface area contributed by atoms with Crippen LogP contribution in [0.15, 0.2) is 17.1 Å². The van der Waals surface area contributed by atoms with E-state index in [-0.39, 0.29) is 32.0 Å². The van der Waals surface area contributed by atoms with Crippen LogP contribution in [-0.4, -0.2) is 50.4 Å². The first kappa shape index (κ1) is 22.5. The first-order chi connectivity index (χ1) is 13.0. The van der Waals surface area contributed by atoms with Gasteiger partial charge in [0.2, 0.25) is 0 Å². The third kappa shape index (κ3) is 5.16. The molecule has 0 unspecified atom stereocenters. The molecule has 0 bridgehead atoms. The lowest BCUT2D eigenvalue weighted by molar-refractivity contribution is -0.0494. The summed E-state index contributed by atoms with van der Waals surface area (Å²) in [4.78, 5) is 4.16. The first-order valence-electron chi connectivity index (χ1n) is 9.06. The zero-order chi connectivity index (χ0) is 21.1. The molecule has 1 aliphatic heterocycles. The Labute approximate surface area is 164 Å². The normalized spacial score (nSPS) is 17.6. The minimum Gasteiger partial charge on any atom is -0.354 e. The number of guanidine groups is 1. The Morgan fingerprint density at radius 3 is 2.18 bits per heavy atom. The van der Waals surface area contributed by atoms with Crippen LogP contribution in [0.3, 0.4) is 0 Å². The fourth-order valence-electron chi connectivity index (χ4n) is 3.44. The molecule has 0 aromatic heterocycles. The molecular weight excluding hydrogens is 393 g/mol. The van der Waals surface area contributed by atoms with Crippen molar-refractivity contribution in [2.75, 3.05) is 20.1 Å². The summed E-state index contributed by atoms with van der Waals surface area (Å²) in [5.74, 6) is 0.538. The smallest absolute Gasteiger partial charge is 0.354 e. The maximum Gasteiger partial charge on any atom is 0.511 e. The summed E-state index contributed by atoms with van der Waals surface area (Å²) in [6.45, 7) is 6.36. The summed E-state index contributed by atoms with van der Waals surface area (Å²) in [6.07, 6.45) is 0.553. The van der Waals surface area contributed by atoms with Crippen molar-refractivity contribution in [3.05, 3.63) is 34.4 Å². The van der Waals surface area contributed by atoms with Crippen LogP contribution >= 0.6 is 0 Å². The molecule has 0 atom stereocenters. The Morgan fingerprint density at radius 1 is 1.18 bits per heavy atom. The van der Waals surface area contributed by atoms with Crippen LogP contribution in [0.4, 0.5) is 13.2 Å². The molecule has 1 aromatic carbocycles. The lowest BCUT2D eigenvalue weighted by atomic mass is 10.00. The Hall–Kier alpha value is -1.81. The van der Waals surface area contributed by atoms with E-state index in [2.05, 4.69) is 27.8 Å². The maximum atomic E-state index is 12.7.